The Morgan fingerprint density at radius 3 is 2.64 bits per heavy atom. The van der Waals surface area contributed by atoms with Gasteiger partial charge in [0.15, 0.2) is 0 Å². The van der Waals surface area contributed by atoms with Gasteiger partial charge in [0.1, 0.15) is 5.00 Å². The summed E-state index contributed by atoms with van der Waals surface area (Å²) < 4.78 is 1.39. The summed E-state index contributed by atoms with van der Waals surface area (Å²) in [6, 6.07) is 4.98. The van der Waals surface area contributed by atoms with Gasteiger partial charge in [-0.05, 0) is 17.5 Å². The highest BCUT2D eigenvalue weighted by Crippen LogP contribution is 2.10. The van der Waals surface area contributed by atoms with E-state index in [0.717, 1.165) is 5.00 Å². The molecule has 0 saturated heterocycles. The third-order valence-corrected chi connectivity index (χ3v) is 2.43. The van der Waals surface area contributed by atoms with Crippen LogP contribution < -0.4 is 11.2 Å². The van der Waals surface area contributed by atoms with Crippen LogP contribution in [0.15, 0.2) is 39.4 Å². The van der Waals surface area contributed by atoms with Gasteiger partial charge in [-0.2, -0.15) is 0 Å². The molecular formula is C8H7ClN2O2S. The van der Waals surface area contributed by atoms with Gasteiger partial charge < -0.3 is 0 Å². The maximum absolute atomic E-state index is 11.3. The first-order chi connectivity index (χ1) is 6.27. The summed E-state index contributed by atoms with van der Waals surface area (Å²) in [4.78, 5) is 24.2. The van der Waals surface area contributed by atoms with E-state index in [9.17, 15) is 9.59 Å². The van der Waals surface area contributed by atoms with Gasteiger partial charge in [-0.15, -0.1) is 23.7 Å². The molecule has 0 radical (unpaired) electrons. The van der Waals surface area contributed by atoms with E-state index in [-0.39, 0.29) is 18.0 Å². The molecule has 2 aromatic heterocycles. The Labute approximate surface area is 89.3 Å². The predicted octanol–water partition coefficient (Wildman–Crippen LogP) is 1.01. The van der Waals surface area contributed by atoms with Crippen LogP contribution in [0.1, 0.15) is 0 Å². The highest BCUT2D eigenvalue weighted by atomic mass is 35.5. The molecule has 0 spiro atoms. The molecule has 0 aromatic carbocycles. The minimum absolute atomic E-state index is 0. The number of rotatable bonds is 1. The van der Waals surface area contributed by atoms with Crippen LogP contribution in [0.2, 0.25) is 0 Å². The quantitative estimate of drug-likeness (QED) is 0.795. The van der Waals surface area contributed by atoms with E-state index < -0.39 is 5.69 Å². The van der Waals surface area contributed by atoms with Gasteiger partial charge in [-0.25, -0.2) is 4.79 Å². The summed E-state index contributed by atoms with van der Waals surface area (Å²) in [6.07, 6.45) is 1.47. The van der Waals surface area contributed by atoms with E-state index in [4.69, 9.17) is 0 Å². The zero-order chi connectivity index (χ0) is 9.26. The van der Waals surface area contributed by atoms with Crippen molar-refractivity contribution in [2.24, 2.45) is 0 Å². The zero-order valence-electron chi connectivity index (χ0n) is 6.97. The molecule has 0 fully saturated rings. The summed E-state index contributed by atoms with van der Waals surface area (Å²) in [5.74, 6) is 0. The Morgan fingerprint density at radius 2 is 2.07 bits per heavy atom. The third kappa shape index (κ3) is 1.94. The van der Waals surface area contributed by atoms with Crippen LogP contribution in [-0.4, -0.2) is 9.55 Å². The van der Waals surface area contributed by atoms with Crippen LogP contribution in [0.5, 0.6) is 0 Å². The first-order valence-electron chi connectivity index (χ1n) is 3.63. The molecule has 0 aliphatic heterocycles. The second-order valence-corrected chi connectivity index (χ2v) is 3.36. The summed E-state index contributed by atoms with van der Waals surface area (Å²) in [5.41, 5.74) is -0.784. The van der Waals surface area contributed by atoms with Crippen molar-refractivity contribution < 1.29 is 0 Å². The fourth-order valence-electron chi connectivity index (χ4n) is 0.998. The van der Waals surface area contributed by atoms with E-state index in [1.165, 1.54) is 28.2 Å². The number of thiophene rings is 1. The Morgan fingerprint density at radius 1 is 1.29 bits per heavy atom. The van der Waals surface area contributed by atoms with Gasteiger partial charge in [0.25, 0.3) is 5.56 Å². The summed E-state index contributed by atoms with van der Waals surface area (Å²) in [5, 5.41) is 2.66. The number of halogens is 1. The summed E-state index contributed by atoms with van der Waals surface area (Å²) in [6.45, 7) is 0. The van der Waals surface area contributed by atoms with Gasteiger partial charge in [0.2, 0.25) is 0 Å². The largest absolute Gasteiger partial charge is 0.333 e. The van der Waals surface area contributed by atoms with Crippen LogP contribution in [0, 0.1) is 0 Å². The van der Waals surface area contributed by atoms with E-state index in [1.807, 2.05) is 17.5 Å². The lowest BCUT2D eigenvalue weighted by Gasteiger charge is -1.98. The van der Waals surface area contributed by atoms with Crippen molar-refractivity contribution in [1.82, 2.24) is 9.55 Å². The van der Waals surface area contributed by atoms with Crippen molar-refractivity contribution in [1.29, 1.82) is 0 Å². The molecule has 2 heterocycles. The highest BCUT2D eigenvalue weighted by molar-refractivity contribution is 7.12. The fraction of sp³-hybridized carbons (Fsp3) is 0. The molecule has 2 rings (SSSR count). The molecule has 0 atom stereocenters. The lowest BCUT2D eigenvalue weighted by Crippen LogP contribution is -2.26. The maximum Gasteiger partial charge on any atom is 0.333 e. The third-order valence-electron chi connectivity index (χ3n) is 1.57. The van der Waals surface area contributed by atoms with E-state index >= 15 is 0 Å². The molecule has 0 unspecified atom stereocenters. The Bertz CT molecular complexity index is 515. The number of hydrogen-bond donors (Lipinski definition) is 1. The number of hydrogen-bond acceptors (Lipinski definition) is 3. The second kappa shape index (κ2) is 4.26. The molecule has 0 saturated carbocycles. The van der Waals surface area contributed by atoms with Gasteiger partial charge in [0.05, 0.1) is 0 Å². The number of H-pyrrole nitrogens is 1. The second-order valence-electron chi connectivity index (χ2n) is 2.43. The van der Waals surface area contributed by atoms with Crippen molar-refractivity contribution in [3.05, 3.63) is 50.6 Å². The Hall–Kier alpha value is -1.33. The van der Waals surface area contributed by atoms with E-state index in [2.05, 4.69) is 4.98 Å². The van der Waals surface area contributed by atoms with Crippen molar-refractivity contribution >= 4 is 23.7 Å². The molecule has 1 N–H and O–H groups in total. The molecule has 0 aliphatic carbocycles. The lowest BCUT2D eigenvalue weighted by molar-refractivity contribution is 0.910. The highest BCUT2D eigenvalue weighted by Gasteiger charge is 1.98. The van der Waals surface area contributed by atoms with Gasteiger partial charge in [0, 0.05) is 12.3 Å². The minimum atomic E-state index is -0.407. The lowest BCUT2D eigenvalue weighted by atomic mass is 10.6. The molecule has 0 bridgehead atoms. The molecule has 2 aromatic rings. The summed E-state index contributed by atoms with van der Waals surface area (Å²) in [7, 11) is 0. The van der Waals surface area contributed by atoms with Gasteiger partial charge in [-0.1, -0.05) is 0 Å². The van der Waals surface area contributed by atoms with Crippen molar-refractivity contribution in [3.63, 3.8) is 0 Å². The monoisotopic (exact) mass is 230 g/mol. The predicted molar refractivity (Wildman–Crippen MR) is 57.8 cm³/mol. The molecule has 6 heteroatoms. The standard InChI is InChI=1S/C8H6N2O2S.ClH/c11-6-3-4-10(8(12)9-6)7-2-1-5-13-7;/h1-5H,(H,9,11,12);1H. The Kier molecular flexibility index (Phi) is 3.27. The van der Waals surface area contributed by atoms with Crippen molar-refractivity contribution in [2.45, 2.75) is 0 Å². The summed E-state index contributed by atoms with van der Waals surface area (Å²) >= 11 is 1.44. The molecule has 0 amide bonds. The van der Waals surface area contributed by atoms with Crippen LogP contribution >= 0.6 is 23.7 Å². The van der Waals surface area contributed by atoms with E-state index in [0.29, 0.717) is 0 Å². The number of aromatic nitrogens is 2. The maximum atomic E-state index is 11.3. The Balaban J connectivity index is 0.000000980. The zero-order valence-corrected chi connectivity index (χ0v) is 8.60. The fourth-order valence-corrected chi connectivity index (χ4v) is 1.71. The van der Waals surface area contributed by atoms with Crippen LogP contribution in [0.4, 0.5) is 0 Å². The van der Waals surface area contributed by atoms with Crippen molar-refractivity contribution in [2.75, 3.05) is 0 Å². The van der Waals surface area contributed by atoms with Gasteiger partial charge in [-0.3, -0.25) is 14.3 Å². The van der Waals surface area contributed by atoms with Crippen LogP contribution in [0.3, 0.4) is 0 Å². The molecular weight excluding hydrogens is 224 g/mol. The topological polar surface area (TPSA) is 54.9 Å². The van der Waals surface area contributed by atoms with Crippen LogP contribution in [-0.2, 0) is 0 Å². The average Bonchev–Trinajstić information content (AvgIpc) is 2.56. The first kappa shape index (κ1) is 10.7. The minimum Gasteiger partial charge on any atom is -0.274 e. The SMILES string of the molecule is Cl.O=c1ccn(-c2cccs2)c(=O)[nH]1. The van der Waals surface area contributed by atoms with E-state index in [1.54, 1.807) is 0 Å². The molecule has 14 heavy (non-hydrogen) atoms. The van der Waals surface area contributed by atoms with Gasteiger partial charge >= 0.3 is 5.69 Å². The molecule has 4 nitrogen and oxygen atoms in total. The first-order valence-corrected chi connectivity index (χ1v) is 4.51. The number of nitrogens with one attached hydrogen (secondary N) is 1. The molecule has 0 aliphatic rings. The van der Waals surface area contributed by atoms with Crippen LogP contribution in [0.25, 0.3) is 5.00 Å². The number of nitrogens with zero attached hydrogens (tertiary/aromatic N) is 1. The average molecular weight is 231 g/mol. The molecule has 74 valence electrons. The smallest absolute Gasteiger partial charge is 0.274 e. The normalized spacial score (nSPS) is 9.43. The van der Waals surface area contributed by atoms with Crippen molar-refractivity contribution in [3.8, 4) is 5.00 Å². The number of aromatic amines is 1.